The third-order valence-corrected chi connectivity index (χ3v) is 4.55. The summed E-state index contributed by atoms with van der Waals surface area (Å²) >= 11 is 0. The zero-order valence-corrected chi connectivity index (χ0v) is 15.3. The van der Waals surface area contributed by atoms with E-state index in [0.717, 1.165) is 16.8 Å². The van der Waals surface area contributed by atoms with Crippen LogP contribution >= 0.6 is 0 Å². The number of fused-ring (bicyclic) bond motifs is 1. The summed E-state index contributed by atoms with van der Waals surface area (Å²) in [4.78, 5) is 4.68. The van der Waals surface area contributed by atoms with Gasteiger partial charge in [0.15, 0.2) is 0 Å². The number of hydrogen-bond donors (Lipinski definition) is 0. The van der Waals surface area contributed by atoms with E-state index in [0.29, 0.717) is 0 Å². The average Bonchev–Trinajstić information content (AvgIpc) is 2.72. The Hall–Kier alpha value is -3.45. The normalized spacial score (nSPS) is 11.6. The molecule has 4 aromatic rings. The number of pyridine rings is 1. The number of benzene rings is 3. The van der Waals surface area contributed by atoms with Crippen LogP contribution in [0, 0.1) is 6.92 Å². The first-order valence-electron chi connectivity index (χ1n) is 9.15. The molecule has 0 saturated heterocycles. The van der Waals surface area contributed by atoms with Gasteiger partial charge in [-0.2, -0.15) is 0 Å². The van der Waals surface area contributed by atoms with Crippen LogP contribution in [0.2, 0.25) is 0 Å². The lowest BCUT2D eigenvalue weighted by molar-refractivity contribution is 1.37. The Morgan fingerprint density at radius 2 is 1.11 bits per heavy atom. The molecule has 0 amide bonds. The summed E-state index contributed by atoms with van der Waals surface area (Å²) in [7, 11) is 0. The summed E-state index contributed by atoms with van der Waals surface area (Å²) in [5, 5.41) is 1.17. The van der Waals surface area contributed by atoms with E-state index in [2.05, 4.69) is 103 Å². The smallest absolute Gasteiger partial charge is 0.0709 e. The maximum absolute atomic E-state index is 4.68. The van der Waals surface area contributed by atoms with Gasteiger partial charge in [-0.25, -0.2) is 4.98 Å². The third kappa shape index (κ3) is 4.39. The van der Waals surface area contributed by atoms with Crippen molar-refractivity contribution >= 4 is 35.2 Å². The largest absolute Gasteiger partial charge is 0.248 e. The fraction of sp³-hybridized carbons (Fsp3) is 0.0385. The van der Waals surface area contributed by atoms with Crippen molar-refractivity contribution in [3.8, 4) is 0 Å². The number of aromatic nitrogens is 1. The van der Waals surface area contributed by atoms with Crippen molar-refractivity contribution in [3.05, 3.63) is 113 Å². The topological polar surface area (TPSA) is 12.9 Å². The van der Waals surface area contributed by atoms with Gasteiger partial charge in [0, 0.05) is 5.39 Å². The van der Waals surface area contributed by atoms with Gasteiger partial charge in [0.25, 0.3) is 0 Å². The van der Waals surface area contributed by atoms with Crippen molar-refractivity contribution in [1.29, 1.82) is 0 Å². The fourth-order valence-corrected chi connectivity index (χ4v) is 2.94. The van der Waals surface area contributed by atoms with Gasteiger partial charge in [-0.3, -0.25) is 0 Å². The van der Waals surface area contributed by atoms with E-state index in [1.165, 1.54) is 22.1 Å². The van der Waals surface area contributed by atoms with Gasteiger partial charge >= 0.3 is 0 Å². The number of para-hydroxylation sites is 1. The first-order chi connectivity index (χ1) is 13.3. The van der Waals surface area contributed by atoms with E-state index in [1.807, 2.05) is 18.2 Å². The standard InChI is InChI=1S/C26H21N/c1-20-6-8-21(9-7-20)10-11-22-12-14-23(15-13-22)16-18-25-19-17-24-4-2-3-5-26(24)27-25/h2-19H,1H3/b11-10+,18-16+. The molecule has 0 radical (unpaired) electrons. The van der Waals surface area contributed by atoms with Crippen LogP contribution in [0.15, 0.2) is 84.9 Å². The zero-order valence-electron chi connectivity index (χ0n) is 15.3. The highest BCUT2D eigenvalue weighted by atomic mass is 14.7. The maximum Gasteiger partial charge on any atom is 0.0709 e. The second kappa shape index (κ2) is 7.84. The molecule has 0 aliphatic carbocycles. The molecule has 0 bridgehead atoms. The molecule has 4 rings (SSSR count). The van der Waals surface area contributed by atoms with E-state index < -0.39 is 0 Å². The highest BCUT2D eigenvalue weighted by molar-refractivity contribution is 5.81. The maximum atomic E-state index is 4.68. The summed E-state index contributed by atoms with van der Waals surface area (Å²) in [6, 6.07) is 29.4. The second-order valence-corrected chi connectivity index (χ2v) is 6.67. The molecule has 0 fully saturated rings. The third-order valence-electron chi connectivity index (χ3n) is 4.55. The molecule has 0 aliphatic heterocycles. The molecule has 0 saturated carbocycles. The highest BCUT2D eigenvalue weighted by Crippen LogP contribution is 2.15. The Bertz CT molecular complexity index is 1100. The van der Waals surface area contributed by atoms with E-state index in [1.54, 1.807) is 0 Å². The number of nitrogens with zero attached hydrogens (tertiary/aromatic N) is 1. The zero-order chi connectivity index (χ0) is 18.5. The van der Waals surface area contributed by atoms with Crippen LogP contribution in [-0.2, 0) is 0 Å². The molecule has 0 aliphatic rings. The first kappa shape index (κ1) is 17.0. The lowest BCUT2D eigenvalue weighted by atomic mass is 10.1. The van der Waals surface area contributed by atoms with Crippen molar-refractivity contribution in [2.45, 2.75) is 6.92 Å². The summed E-state index contributed by atoms with van der Waals surface area (Å²) in [6.07, 6.45) is 8.44. The van der Waals surface area contributed by atoms with Gasteiger partial charge in [0.1, 0.15) is 0 Å². The van der Waals surface area contributed by atoms with Crippen LogP contribution in [0.5, 0.6) is 0 Å². The van der Waals surface area contributed by atoms with Crippen LogP contribution in [0.3, 0.4) is 0 Å². The van der Waals surface area contributed by atoms with Gasteiger partial charge in [-0.05, 0) is 41.8 Å². The summed E-state index contributed by atoms with van der Waals surface area (Å²) in [5.41, 5.74) is 6.85. The molecule has 130 valence electrons. The first-order valence-corrected chi connectivity index (χ1v) is 9.15. The van der Waals surface area contributed by atoms with Crippen LogP contribution in [-0.4, -0.2) is 4.98 Å². The molecule has 0 N–H and O–H groups in total. The Labute approximate surface area is 160 Å². The predicted molar refractivity (Wildman–Crippen MR) is 117 cm³/mol. The van der Waals surface area contributed by atoms with E-state index in [4.69, 9.17) is 0 Å². The minimum absolute atomic E-state index is 0.969. The van der Waals surface area contributed by atoms with Crippen molar-refractivity contribution in [2.24, 2.45) is 0 Å². The molecule has 3 aromatic carbocycles. The molecule has 0 atom stereocenters. The second-order valence-electron chi connectivity index (χ2n) is 6.67. The van der Waals surface area contributed by atoms with Gasteiger partial charge in [-0.15, -0.1) is 0 Å². The molecule has 27 heavy (non-hydrogen) atoms. The lowest BCUT2D eigenvalue weighted by Crippen LogP contribution is -1.82. The highest BCUT2D eigenvalue weighted by Gasteiger charge is 1.95. The predicted octanol–water partition coefficient (Wildman–Crippen LogP) is 6.88. The van der Waals surface area contributed by atoms with Crippen molar-refractivity contribution < 1.29 is 0 Å². The average molecular weight is 347 g/mol. The lowest BCUT2D eigenvalue weighted by Gasteiger charge is -1.99. The van der Waals surface area contributed by atoms with E-state index >= 15 is 0 Å². The van der Waals surface area contributed by atoms with Crippen LogP contribution in [0.25, 0.3) is 35.2 Å². The number of hydrogen-bond acceptors (Lipinski definition) is 1. The summed E-state index contributed by atoms with van der Waals surface area (Å²) < 4.78 is 0. The fourth-order valence-electron chi connectivity index (χ4n) is 2.94. The van der Waals surface area contributed by atoms with Gasteiger partial charge in [-0.1, -0.05) is 96.6 Å². The quantitative estimate of drug-likeness (QED) is 0.366. The SMILES string of the molecule is Cc1ccc(/C=C/c2ccc(/C=C/c3ccc4ccccc4n3)cc2)cc1. The van der Waals surface area contributed by atoms with Crippen molar-refractivity contribution in [2.75, 3.05) is 0 Å². The minimum Gasteiger partial charge on any atom is -0.248 e. The number of aryl methyl sites for hydroxylation is 1. The summed E-state index contributed by atoms with van der Waals surface area (Å²) in [5.74, 6) is 0. The molecular weight excluding hydrogens is 326 g/mol. The van der Waals surface area contributed by atoms with Crippen LogP contribution < -0.4 is 0 Å². The van der Waals surface area contributed by atoms with E-state index in [9.17, 15) is 0 Å². The molecule has 0 unspecified atom stereocenters. The minimum atomic E-state index is 0.969. The monoisotopic (exact) mass is 347 g/mol. The Morgan fingerprint density at radius 3 is 1.78 bits per heavy atom. The Kier molecular flexibility index (Phi) is 4.93. The Morgan fingerprint density at radius 1 is 0.556 bits per heavy atom. The number of rotatable bonds is 4. The molecule has 1 heterocycles. The van der Waals surface area contributed by atoms with E-state index in [-0.39, 0.29) is 0 Å². The summed E-state index contributed by atoms with van der Waals surface area (Å²) in [6.45, 7) is 2.10. The van der Waals surface area contributed by atoms with Crippen molar-refractivity contribution in [1.82, 2.24) is 4.98 Å². The molecule has 0 spiro atoms. The van der Waals surface area contributed by atoms with Crippen LogP contribution in [0.4, 0.5) is 0 Å². The van der Waals surface area contributed by atoms with Gasteiger partial charge in [0.05, 0.1) is 11.2 Å². The van der Waals surface area contributed by atoms with Gasteiger partial charge < -0.3 is 0 Å². The molecule has 1 aromatic heterocycles. The molecule has 1 nitrogen and oxygen atoms in total. The molecule has 1 heteroatoms. The van der Waals surface area contributed by atoms with Gasteiger partial charge in [0.2, 0.25) is 0 Å². The molecular formula is C26H21N. The Balaban J connectivity index is 1.46. The van der Waals surface area contributed by atoms with Crippen LogP contribution in [0.1, 0.15) is 27.9 Å². The van der Waals surface area contributed by atoms with Crippen molar-refractivity contribution in [3.63, 3.8) is 0 Å².